The maximum atomic E-state index is 12.2. The lowest BCUT2D eigenvalue weighted by Gasteiger charge is -2.13. The Kier molecular flexibility index (Phi) is 34.6. The van der Waals surface area contributed by atoms with E-state index in [2.05, 4.69) is 38.2 Å². The molecule has 0 radical (unpaired) electrons. The molecule has 258 valence electrons. The molecule has 0 aromatic carbocycles. The number of allylic oxidation sites excluding steroid dienone is 4. The summed E-state index contributed by atoms with van der Waals surface area (Å²) in [6, 6.07) is 0. The standard InChI is InChI=1S/C40H74O4/c1-3-5-7-9-11-13-15-17-18-19-20-21-22-23-24-25-27-29-31-33-35-37-39(41)44-38(40(42)43)36-34-32-30-28-26-16-14-12-10-8-6-4-2/h11,13,17-18,38H,3-10,12,14-16,19-37H2,1-2H3,(H,42,43)/b13-11-,18-17-. The Bertz CT molecular complexity index is 668. The number of hydrogen-bond donors (Lipinski definition) is 1. The number of hydrogen-bond acceptors (Lipinski definition) is 3. The van der Waals surface area contributed by atoms with E-state index >= 15 is 0 Å². The Labute approximate surface area is 274 Å². The van der Waals surface area contributed by atoms with Crippen LogP contribution in [0, 0.1) is 0 Å². The summed E-state index contributed by atoms with van der Waals surface area (Å²) in [5.74, 6) is -1.35. The first-order valence-corrected chi connectivity index (χ1v) is 19.3. The topological polar surface area (TPSA) is 63.6 Å². The minimum absolute atomic E-state index is 0.340. The van der Waals surface area contributed by atoms with E-state index in [4.69, 9.17) is 4.74 Å². The van der Waals surface area contributed by atoms with Gasteiger partial charge in [0.05, 0.1) is 0 Å². The highest BCUT2D eigenvalue weighted by Crippen LogP contribution is 2.16. The van der Waals surface area contributed by atoms with Crippen molar-refractivity contribution >= 4 is 11.9 Å². The first kappa shape index (κ1) is 42.4. The molecular formula is C40H74O4. The molecule has 0 aliphatic heterocycles. The van der Waals surface area contributed by atoms with Gasteiger partial charge in [-0.3, -0.25) is 4.79 Å². The molecule has 44 heavy (non-hydrogen) atoms. The Morgan fingerprint density at radius 3 is 1.32 bits per heavy atom. The first-order valence-electron chi connectivity index (χ1n) is 19.3. The summed E-state index contributed by atoms with van der Waals surface area (Å²) < 4.78 is 5.31. The van der Waals surface area contributed by atoms with E-state index in [1.807, 2.05) is 0 Å². The van der Waals surface area contributed by atoms with E-state index in [1.54, 1.807) is 0 Å². The van der Waals surface area contributed by atoms with Crippen molar-refractivity contribution in [2.45, 2.75) is 219 Å². The van der Waals surface area contributed by atoms with Crippen molar-refractivity contribution in [1.29, 1.82) is 0 Å². The molecule has 0 bridgehead atoms. The Hall–Kier alpha value is -1.58. The molecule has 4 nitrogen and oxygen atoms in total. The number of carboxylic acids is 1. The third-order valence-corrected chi connectivity index (χ3v) is 8.70. The van der Waals surface area contributed by atoms with Crippen LogP contribution < -0.4 is 0 Å². The van der Waals surface area contributed by atoms with Crippen molar-refractivity contribution < 1.29 is 19.4 Å². The van der Waals surface area contributed by atoms with Gasteiger partial charge in [0.25, 0.3) is 0 Å². The largest absolute Gasteiger partial charge is 0.479 e. The van der Waals surface area contributed by atoms with Gasteiger partial charge in [-0.05, 0) is 51.4 Å². The van der Waals surface area contributed by atoms with Gasteiger partial charge < -0.3 is 9.84 Å². The fourth-order valence-electron chi connectivity index (χ4n) is 5.76. The zero-order valence-electron chi connectivity index (χ0n) is 29.5. The summed E-state index contributed by atoms with van der Waals surface area (Å²) in [6.07, 6.45) is 45.0. The van der Waals surface area contributed by atoms with Crippen molar-refractivity contribution in [3.63, 3.8) is 0 Å². The molecule has 0 saturated heterocycles. The number of unbranched alkanes of at least 4 members (excludes halogenated alkanes) is 25. The van der Waals surface area contributed by atoms with Crippen LogP contribution in [0.25, 0.3) is 0 Å². The number of carbonyl (C=O) groups is 2. The summed E-state index contributed by atoms with van der Waals surface area (Å²) in [6.45, 7) is 4.51. The minimum Gasteiger partial charge on any atom is -0.479 e. The molecule has 0 aromatic rings. The van der Waals surface area contributed by atoms with Crippen LogP contribution in [0.4, 0.5) is 0 Å². The minimum atomic E-state index is -1.00. The van der Waals surface area contributed by atoms with Crippen LogP contribution in [-0.4, -0.2) is 23.1 Å². The van der Waals surface area contributed by atoms with Crippen LogP contribution in [-0.2, 0) is 14.3 Å². The first-order chi connectivity index (χ1) is 21.6. The zero-order valence-corrected chi connectivity index (χ0v) is 29.5. The van der Waals surface area contributed by atoms with Crippen LogP contribution in [0.15, 0.2) is 24.3 Å². The fraction of sp³-hybridized carbons (Fsp3) is 0.850. The molecule has 4 heteroatoms. The average molecular weight is 619 g/mol. The van der Waals surface area contributed by atoms with Gasteiger partial charge in [0, 0.05) is 6.42 Å². The summed E-state index contributed by atoms with van der Waals surface area (Å²) >= 11 is 0. The van der Waals surface area contributed by atoms with Crippen LogP contribution in [0.5, 0.6) is 0 Å². The van der Waals surface area contributed by atoms with Crippen molar-refractivity contribution in [3.05, 3.63) is 24.3 Å². The van der Waals surface area contributed by atoms with Gasteiger partial charge in [-0.15, -0.1) is 0 Å². The second kappa shape index (κ2) is 35.9. The highest BCUT2D eigenvalue weighted by Gasteiger charge is 2.21. The van der Waals surface area contributed by atoms with E-state index < -0.39 is 12.1 Å². The van der Waals surface area contributed by atoms with E-state index in [0.29, 0.717) is 12.8 Å². The van der Waals surface area contributed by atoms with Gasteiger partial charge >= 0.3 is 11.9 Å². The van der Waals surface area contributed by atoms with Crippen LogP contribution >= 0.6 is 0 Å². The van der Waals surface area contributed by atoms with Gasteiger partial charge in [-0.25, -0.2) is 4.79 Å². The summed E-state index contributed by atoms with van der Waals surface area (Å²) in [4.78, 5) is 23.7. The maximum absolute atomic E-state index is 12.2. The van der Waals surface area contributed by atoms with Crippen LogP contribution in [0.2, 0.25) is 0 Å². The van der Waals surface area contributed by atoms with Crippen molar-refractivity contribution in [2.24, 2.45) is 0 Å². The van der Waals surface area contributed by atoms with E-state index in [0.717, 1.165) is 44.9 Å². The number of esters is 1. The smallest absolute Gasteiger partial charge is 0.345 e. The molecule has 0 spiro atoms. The molecule has 0 amide bonds. The zero-order chi connectivity index (χ0) is 32.2. The second-order valence-electron chi connectivity index (χ2n) is 13.1. The molecule has 0 saturated carbocycles. The monoisotopic (exact) mass is 619 g/mol. The maximum Gasteiger partial charge on any atom is 0.345 e. The van der Waals surface area contributed by atoms with Crippen molar-refractivity contribution in [3.8, 4) is 0 Å². The molecule has 1 atom stereocenters. The third kappa shape index (κ3) is 33.3. The summed E-state index contributed by atoms with van der Waals surface area (Å²) in [7, 11) is 0. The number of carbonyl (C=O) groups excluding carboxylic acids is 1. The van der Waals surface area contributed by atoms with Gasteiger partial charge in [-0.1, -0.05) is 179 Å². The molecule has 0 heterocycles. The number of aliphatic carboxylic acids is 1. The Morgan fingerprint density at radius 1 is 0.500 bits per heavy atom. The van der Waals surface area contributed by atoms with Crippen LogP contribution in [0.3, 0.4) is 0 Å². The van der Waals surface area contributed by atoms with E-state index in [9.17, 15) is 14.7 Å². The molecule has 1 N–H and O–H groups in total. The average Bonchev–Trinajstić information content (AvgIpc) is 3.01. The van der Waals surface area contributed by atoms with Gasteiger partial charge in [0.2, 0.25) is 0 Å². The molecule has 0 aliphatic rings. The normalized spacial score (nSPS) is 12.4. The van der Waals surface area contributed by atoms with E-state index in [1.165, 1.54) is 141 Å². The predicted molar refractivity (Wildman–Crippen MR) is 190 cm³/mol. The molecule has 0 aromatic heterocycles. The second-order valence-corrected chi connectivity index (χ2v) is 13.1. The Morgan fingerprint density at radius 2 is 0.864 bits per heavy atom. The third-order valence-electron chi connectivity index (χ3n) is 8.70. The molecule has 0 fully saturated rings. The lowest BCUT2D eigenvalue weighted by atomic mass is 10.0. The number of carboxylic acid groups (broad SMARTS) is 1. The van der Waals surface area contributed by atoms with Gasteiger partial charge in [0.1, 0.15) is 0 Å². The predicted octanol–water partition coefficient (Wildman–Crippen LogP) is 13.2. The molecule has 0 aliphatic carbocycles. The van der Waals surface area contributed by atoms with Gasteiger partial charge in [0.15, 0.2) is 6.10 Å². The highest BCUT2D eigenvalue weighted by atomic mass is 16.6. The summed E-state index contributed by atoms with van der Waals surface area (Å²) in [5.41, 5.74) is 0. The number of rotatable bonds is 35. The lowest BCUT2D eigenvalue weighted by molar-refractivity contribution is -0.164. The number of ether oxygens (including phenoxy) is 1. The highest BCUT2D eigenvalue weighted by molar-refractivity contribution is 5.77. The van der Waals surface area contributed by atoms with Crippen LogP contribution in [0.1, 0.15) is 213 Å². The SMILES string of the molecule is CCCCC/C=C\C/C=C\CCCCCCCCCCCCCC(=O)OC(CCCCCCCCCCCCCC)C(=O)O. The quantitative estimate of drug-likeness (QED) is 0.0436. The van der Waals surface area contributed by atoms with Crippen molar-refractivity contribution in [2.75, 3.05) is 0 Å². The van der Waals surface area contributed by atoms with Crippen molar-refractivity contribution in [1.82, 2.24) is 0 Å². The Balaban J connectivity index is 3.51. The van der Waals surface area contributed by atoms with Gasteiger partial charge in [-0.2, -0.15) is 0 Å². The summed E-state index contributed by atoms with van der Waals surface area (Å²) in [5, 5.41) is 9.46. The fourth-order valence-corrected chi connectivity index (χ4v) is 5.76. The van der Waals surface area contributed by atoms with E-state index in [-0.39, 0.29) is 5.97 Å². The molecule has 1 unspecified atom stereocenters. The lowest BCUT2D eigenvalue weighted by Crippen LogP contribution is -2.27. The molecule has 0 rings (SSSR count). The molecular weight excluding hydrogens is 544 g/mol.